The summed E-state index contributed by atoms with van der Waals surface area (Å²) in [6.45, 7) is 5.66. The predicted molar refractivity (Wildman–Crippen MR) is 88.7 cm³/mol. The average molecular weight is 356 g/mol. The van der Waals surface area contributed by atoms with Gasteiger partial charge in [-0.05, 0) is 37.2 Å². The molecule has 3 rings (SSSR count). The van der Waals surface area contributed by atoms with E-state index >= 15 is 0 Å². The molecule has 138 valence electrons. The van der Waals surface area contributed by atoms with E-state index < -0.39 is 41.9 Å². The molecule has 1 heterocycles. The zero-order valence-corrected chi connectivity index (χ0v) is 14.4. The van der Waals surface area contributed by atoms with E-state index in [-0.39, 0.29) is 17.0 Å². The molecule has 1 nitrogen and oxygen atoms in total. The second kappa shape index (κ2) is 7.10. The summed E-state index contributed by atoms with van der Waals surface area (Å²) in [4.78, 5) is 0. The summed E-state index contributed by atoms with van der Waals surface area (Å²) in [6, 6.07) is 2.97. The molecule has 2 fully saturated rings. The number of ether oxygens (including phenoxy) is 1. The Kier molecular flexibility index (Phi) is 5.24. The predicted octanol–water partition coefficient (Wildman–Crippen LogP) is 6.16. The Morgan fingerprint density at radius 1 is 1.08 bits per heavy atom. The standard InChI is InChI=1S/C20H24F4O/c1-3-13-5-9-17(25-11-13)16-8-7-15(18(21)19(16)22)14-6-4-12(2)20(23,24)10-14/h3,7-8,12-14,17H,1,4-6,9-11H2,2H3. The van der Waals surface area contributed by atoms with E-state index in [0.29, 0.717) is 25.9 Å². The molecule has 1 aliphatic carbocycles. The molecular formula is C20H24F4O. The topological polar surface area (TPSA) is 9.23 Å². The van der Waals surface area contributed by atoms with Crippen LogP contribution in [0.1, 0.15) is 62.2 Å². The third-order valence-electron chi connectivity index (χ3n) is 5.76. The molecule has 0 N–H and O–H groups in total. The van der Waals surface area contributed by atoms with E-state index in [1.807, 2.05) is 0 Å². The number of benzene rings is 1. The monoisotopic (exact) mass is 356 g/mol. The van der Waals surface area contributed by atoms with Gasteiger partial charge in [0.05, 0.1) is 12.7 Å². The van der Waals surface area contributed by atoms with Crippen molar-refractivity contribution in [1.29, 1.82) is 0 Å². The number of alkyl halides is 2. The van der Waals surface area contributed by atoms with Crippen LogP contribution < -0.4 is 0 Å². The maximum atomic E-state index is 14.6. The molecule has 4 atom stereocenters. The van der Waals surface area contributed by atoms with Crippen LogP contribution in [0.2, 0.25) is 0 Å². The van der Waals surface area contributed by atoms with Gasteiger partial charge < -0.3 is 4.74 Å². The fourth-order valence-electron chi connectivity index (χ4n) is 3.91. The Balaban J connectivity index is 1.80. The van der Waals surface area contributed by atoms with Crippen LogP contribution in [0.15, 0.2) is 24.8 Å². The molecular weight excluding hydrogens is 332 g/mol. The highest BCUT2D eigenvalue weighted by atomic mass is 19.3. The highest BCUT2D eigenvalue weighted by Gasteiger charge is 2.43. The number of hydrogen-bond donors (Lipinski definition) is 0. The van der Waals surface area contributed by atoms with Gasteiger partial charge in [-0.2, -0.15) is 0 Å². The van der Waals surface area contributed by atoms with Gasteiger partial charge in [-0.15, -0.1) is 6.58 Å². The van der Waals surface area contributed by atoms with Crippen molar-refractivity contribution in [3.63, 3.8) is 0 Å². The molecule has 0 amide bonds. The maximum Gasteiger partial charge on any atom is 0.251 e. The second-order valence-electron chi connectivity index (χ2n) is 7.41. The highest BCUT2D eigenvalue weighted by molar-refractivity contribution is 5.31. The summed E-state index contributed by atoms with van der Waals surface area (Å²) in [5.41, 5.74) is 0.243. The molecule has 1 saturated carbocycles. The Hall–Kier alpha value is -1.36. The molecule has 0 aromatic heterocycles. The minimum atomic E-state index is -2.84. The van der Waals surface area contributed by atoms with E-state index in [0.717, 1.165) is 6.42 Å². The number of halogens is 4. The van der Waals surface area contributed by atoms with Crippen LogP contribution in [0.4, 0.5) is 17.6 Å². The second-order valence-corrected chi connectivity index (χ2v) is 7.41. The van der Waals surface area contributed by atoms with E-state index in [9.17, 15) is 17.6 Å². The Morgan fingerprint density at radius 2 is 1.76 bits per heavy atom. The molecule has 5 heteroatoms. The molecule has 1 aromatic carbocycles. The molecule has 0 bridgehead atoms. The van der Waals surface area contributed by atoms with Crippen LogP contribution in [-0.2, 0) is 4.74 Å². The van der Waals surface area contributed by atoms with Crippen molar-refractivity contribution in [2.75, 3.05) is 6.61 Å². The van der Waals surface area contributed by atoms with Crippen molar-refractivity contribution < 1.29 is 22.3 Å². The first-order valence-electron chi connectivity index (χ1n) is 8.93. The molecule has 1 aromatic rings. The summed E-state index contributed by atoms with van der Waals surface area (Å²) in [7, 11) is 0. The van der Waals surface area contributed by atoms with Crippen LogP contribution in [0.3, 0.4) is 0 Å². The third-order valence-corrected chi connectivity index (χ3v) is 5.76. The Morgan fingerprint density at radius 3 is 2.36 bits per heavy atom. The first kappa shape index (κ1) is 18.4. The van der Waals surface area contributed by atoms with Crippen LogP contribution in [0.25, 0.3) is 0 Å². The van der Waals surface area contributed by atoms with E-state index in [2.05, 4.69) is 6.58 Å². The van der Waals surface area contributed by atoms with Gasteiger partial charge in [0.25, 0.3) is 5.92 Å². The zero-order valence-electron chi connectivity index (χ0n) is 14.4. The molecule has 0 radical (unpaired) electrons. The molecule has 4 unspecified atom stereocenters. The maximum absolute atomic E-state index is 14.6. The Bertz CT molecular complexity index is 635. The van der Waals surface area contributed by atoms with Gasteiger partial charge in [-0.25, -0.2) is 17.6 Å². The lowest BCUT2D eigenvalue weighted by molar-refractivity contribution is -0.0851. The zero-order chi connectivity index (χ0) is 18.2. The Labute approximate surface area is 146 Å². The largest absolute Gasteiger partial charge is 0.373 e. The fourth-order valence-corrected chi connectivity index (χ4v) is 3.91. The van der Waals surface area contributed by atoms with Gasteiger partial charge in [0.15, 0.2) is 11.6 Å². The molecule has 0 spiro atoms. The first-order chi connectivity index (χ1) is 11.8. The van der Waals surface area contributed by atoms with Crippen molar-refractivity contribution >= 4 is 0 Å². The van der Waals surface area contributed by atoms with Crippen LogP contribution >= 0.6 is 0 Å². The van der Waals surface area contributed by atoms with Gasteiger partial charge >= 0.3 is 0 Å². The summed E-state index contributed by atoms with van der Waals surface area (Å²) >= 11 is 0. The van der Waals surface area contributed by atoms with Crippen molar-refractivity contribution in [2.45, 2.75) is 57.0 Å². The first-order valence-corrected chi connectivity index (χ1v) is 8.93. The van der Waals surface area contributed by atoms with Crippen molar-refractivity contribution in [3.8, 4) is 0 Å². The summed E-state index contributed by atoms with van der Waals surface area (Å²) in [5.74, 6) is -5.92. The smallest absolute Gasteiger partial charge is 0.251 e. The van der Waals surface area contributed by atoms with Gasteiger partial charge in [0, 0.05) is 23.8 Å². The number of rotatable bonds is 3. The fraction of sp³-hybridized carbons (Fsp3) is 0.600. The van der Waals surface area contributed by atoms with Crippen LogP contribution in [0.5, 0.6) is 0 Å². The van der Waals surface area contributed by atoms with E-state index in [4.69, 9.17) is 4.74 Å². The quantitative estimate of drug-likeness (QED) is 0.466. The van der Waals surface area contributed by atoms with E-state index in [1.165, 1.54) is 19.1 Å². The molecule has 1 aliphatic heterocycles. The van der Waals surface area contributed by atoms with Crippen molar-refractivity contribution in [3.05, 3.63) is 47.5 Å². The number of hydrogen-bond acceptors (Lipinski definition) is 1. The van der Waals surface area contributed by atoms with Crippen molar-refractivity contribution in [2.24, 2.45) is 11.8 Å². The molecule has 2 aliphatic rings. The SMILES string of the molecule is C=CC1CCC(c2ccc(C3CCC(C)C(F)(F)C3)c(F)c2F)OC1. The summed E-state index contributed by atoms with van der Waals surface area (Å²) in [6.07, 6.45) is 3.05. The lowest BCUT2D eigenvalue weighted by atomic mass is 9.76. The van der Waals surface area contributed by atoms with Gasteiger partial charge in [0.1, 0.15) is 0 Å². The summed E-state index contributed by atoms with van der Waals surface area (Å²) in [5, 5.41) is 0. The highest BCUT2D eigenvalue weighted by Crippen LogP contribution is 2.46. The average Bonchev–Trinajstić information content (AvgIpc) is 2.60. The molecule has 1 saturated heterocycles. The van der Waals surface area contributed by atoms with E-state index in [1.54, 1.807) is 6.08 Å². The van der Waals surface area contributed by atoms with Crippen LogP contribution in [-0.4, -0.2) is 12.5 Å². The lowest BCUT2D eigenvalue weighted by Gasteiger charge is -2.34. The van der Waals surface area contributed by atoms with Crippen molar-refractivity contribution in [1.82, 2.24) is 0 Å². The minimum absolute atomic E-state index is 0.0626. The molecule has 25 heavy (non-hydrogen) atoms. The minimum Gasteiger partial charge on any atom is -0.373 e. The van der Waals surface area contributed by atoms with Gasteiger partial charge in [-0.3, -0.25) is 0 Å². The lowest BCUT2D eigenvalue weighted by Crippen LogP contribution is -2.33. The van der Waals surface area contributed by atoms with Gasteiger partial charge in [-0.1, -0.05) is 25.1 Å². The normalized spacial score (nSPS) is 32.4. The summed E-state index contributed by atoms with van der Waals surface area (Å²) < 4.78 is 62.8. The van der Waals surface area contributed by atoms with Gasteiger partial charge in [0.2, 0.25) is 0 Å². The third kappa shape index (κ3) is 3.62. The van der Waals surface area contributed by atoms with Crippen LogP contribution in [0, 0.1) is 23.5 Å².